The van der Waals surface area contributed by atoms with Gasteiger partial charge in [-0.05, 0) is 12.1 Å². The lowest BCUT2D eigenvalue weighted by atomic mass is 10.2. The van der Waals surface area contributed by atoms with Crippen molar-refractivity contribution in [3.63, 3.8) is 0 Å². The van der Waals surface area contributed by atoms with Crippen LogP contribution in [0.2, 0.25) is 0 Å². The minimum absolute atomic E-state index is 0.308. The number of carbonyl (C=O) groups excluding carboxylic acids is 1. The Bertz CT molecular complexity index is 302. The maximum Gasteiger partial charge on any atom is 0.243 e. The second-order valence-electron chi connectivity index (χ2n) is 2.01. The highest BCUT2D eigenvalue weighted by Gasteiger charge is 2.12. The van der Waals surface area contributed by atoms with Gasteiger partial charge in [0.1, 0.15) is 5.92 Å². The highest BCUT2D eigenvalue weighted by atomic mass is 32.1. The van der Waals surface area contributed by atoms with Gasteiger partial charge in [-0.2, -0.15) is 5.26 Å². The molecule has 62 valence electrons. The number of carbonyl (C=O) groups is 1. The predicted molar refractivity (Wildman–Crippen MR) is 41.1 cm³/mol. The molecule has 1 aromatic rings. The van der Waals surface area contributed by atoms with E-state index in [9.17, 15) is 4.79 Å². The minimum atomic E-state index is -0.686. The molecule has 7 heteroatoms. The van der Waals surface area contributed by atoms with Gasteiger partial charge in [-0.15, -0.1) is 0 Å². The van der Waals surface area contributed by atoms with Crippen molar-refractivity contribution in [1.29, 1.82) is 5.26 Å². The van der Waals surface area contributed by atoms with Crippen molar-refractivity contribution < 1.29 is 4.79 Å². The van der Waals surface area contributed by atoms with E-state index in [4.69, 9.17) is 5.26 Å². The fraction of sp³-hybridized carbons (Fsp3) is 0.400. The minimum Gasteiger partial charge on any atom is -0.298 e. The highest BCUT2D eigenvalue weighted by Crippen LogP contribution is 2.06. The van der Waals surface area contributed by atoms with Crippen LogP contribution in [0.15, 0.2) is 0 Å². The standard InChI is InChI=1S/C5H5N5OS/c1-3(2-6)4(11)7-5-8-9-10-12-5/h3H,1H3,(H,7,8,10,11). The molecule has 0 fully saturated rings. The molecule has 1 rings (SSSR count). The molecule has 1 heterocycles. The summed E-state index contributed by atoms with van der Waals surface area (Å²) < 4.78 is 3.44. The third kappa shape index (κ3) is 1.96. The molecular formula is C5H5N5OS. The first-order valence-electron chi connectivity index (χ1n) is 3.09. The largest absolute Gasteiger partial charge is 0.298 e. The molecule has 1 N–H and O–H groups in total. The summed E-state index contributed by atoms with van der Waals surface area (Å²) in [6.07, 6.45) is 0. The summed E-state index contributed by atoms with van der Waals surface area (Å²) in [5.74, 6) is -1.08. The molecule has 0 aliphatic heterocycles. The number of anilines is 1. The molecule has 0 spiro atoms. The molecular weight excluding hydrogens is 178 g/mol. The molecule has 1 aromatic heterocycles. The van der Waals surface area contributed by atoms with Crippen LogP contribution >= 0.6 is 11.5 Å². The van der Waals surface area contributed by atoms with Gasteiger partial charge in [-0.3, -0.25) is 10.1 Å². The van der Waals surface area contributed by atoms with E-state index in [1.165, 1.54) is 6.92 Å². The Balaban J connectivity index is 2.54. The van der Waals surface area contributed by atoms with Crippen molar-refractivity contribution in [2.75, 3.05) is 5.32 Å². The molecule has 0 radical (unpaired) electrons. The maximum absolute atomic E-state index is 11.0. The Labute approximate surface area is 72.4 Å². The molecule has 1 atom stereocenters. The van der Waals surface area contributed by atoms with Crippen molar-refractivity contribution in [1.82, 2.24) is 14.8 Å². The number of nitriles is 1. The van der Waals surface area contributed by atoms with Crippen molar-refractivity contribution in [2.24, 2.45) is 5.92 Å². The van der Waals surface area contributed by atoms with Crippen LogP contribution in [0.5, 0.6) is 0 Å². The van der Waals surface area contributed by atoms with Crippen molar-refractivity contribution >= 4 is 22.6 Å². The summed E-state index contributed by atoms with van der Waals surface area (Å²) in [4.78, 5) is 11.0. The van der Waals surface area contributed by atoms with E-state index in [-0.39, 0.29) is 0 Å². The van der Waals surface area contributed by atoms with Crippen LogP contribution in [0.3, 0.4) is 0 Å². The number of rotatable bonds is 2. The van der Waals surface area contributed by atoms with Gasteiger partial charge in [0.15, 0.2) is 0 Å². The van der Waals surface area contributed by atoms with E-state index in [1.807, 2.05) is 0 Å². The predicted octanol–water partition coefficient (Wildman–Crippen LogP) is 0.0313. The first-order valence-corrected chi connectivity index (χ1v) is 3.87. The van der Waals surface area contributed by atoms with E-state index in [0.717, 1.165) is 11.5 Å². The fourth-order valence-corrected chi connectivity index (χ4v) is 0.824. The zero-order valence-corrected chi connectivity index (χ0v) is 7.00. The first kappa shape index (κ1) is 8.55. The Morgan fingerprint density at radius 2 is 2.58 bits per heavy atom. The van der Waals surface area contributed by atoms with Gasteiger partial charge in [0.2, 0.25) is 11.0 Å². The number of nitrogens with zero attached hydrogens (tertiary/aromatic N) is 4. The molecule has 1 unspecified atom stereocenters. The maximum atomic E-state index is 11.0. The van der Waals surface area contributed by atoms with Crippen LogP contribution in [0.1, 0.15) is 6.92 Å². The Hall–Kier alpha value is -1.55. The molecule has 0 saturated heterocycles. The van der Waals surface area contributed by atoms with E-state index in [1.54, 1.807) is 6.07 Å². The molecule has 0 aliphatic carbocycles. The van der Waals surface area contributed by atoms with Gasteiger partial charge in [0.25, 0.3) is 0 Å². The first-order chi connectivity index (χ1) is 5.74. The summed E-state index contributed by atoms with van der Waals surface area (Å²) in [6, 6.07) is 1.80. The van der Waals surface area contributed by atoms with Crippen LogP contribution in [-0.4, -0.2) is 20.7 Å². The SMILES string of the molecule is CC(C#N)C(=O)Nc1nnns1. The van der Waals surface area contributed by atoms with E-state index in [0.29, 0.717) is 5.13 Å². The summed E-state index contributed by atoms with van der Waals surface area (Å²) in [7, 11) is 0. The summed E-state index contributed by atoms with van der Waals surface area (Å²) in [5, 5.41) is 17.8. The van der Waals surface area contributed by atoms with Crippen LogP contribution in [0.4, 0.5) is 5.13 Å². The summed E-state index contributed by atoms with van der Waals surface area (Å²) >= 11 is 0.966. The highest BCUT2D eigenvalue weighted by molar-refractivity contribution is 7.09. The molecule has 0 bridgehead atoms. The molecule has 1 amide bonds. The van der Waals surface area contributed by atoms with Crippen molar-refractivity contribution in [2.45, 2.75) is 6.92 Å². The second kappa shape index (κ2) is 3.73. The van der Waals surface area contributed by atoms with Gasteiger partial charge in [-0.1, -0.05) is 9.59 Å². The van der Waals surface area contributed by atoms with E-state index < -0.39 is 11.8 Å². The lowest BCUT2D eigenvalue weighted by molar-refractivity contribution is -0.117. The number of hydrogen-bond donors (Lipinski definition) is 1. The van der Waals surface area contributed by atoms with E-state index >= 15 is 0 Å². The lowest BCUT2D eigenvalue weighted by Crippen LogP contribution is -2.18. The zero-order valence-electron chi connectivity index (χ0n) is 6.18. The lowest BCUT2D eigenvalue weighted by Gasteiger charge is -1.99. The van der Waals surface area contributed by atoms with Crippen LogP contribution < -0.4 is 5.32 Å². The van der Waals surface area contributed by atoms with Gasteiger partial charge in [0.05, 0.1) is 6.07 Å². The van der Waals surface area contributed by atoms with Crippen LogP contribution in [-0.2, 0) is 4.79 Å². The average molecular weight is 183 g/mol. The normalized spacial score (nSPS) is 11.7. The van der Waals surface area contributed by atoms with Gasteiger partial charge in [0, 0.05) is 11.5 Å². The third-order valence-corrected chi connectivity index (χ3v) is 1.63. The zero-order chi connectivity index (χ0) is 8.97. The summed E-state index contributed by atoms with van der Waals surface area (Å²) in [5.41, 5.74) is 0. The molecule has 12 heavy (non-hydrogen) atoms. The molecule has 0 aromatic carbocycles. The second-order valence-corrected chi connectivity index (χ2v) is 2.74. The topological polar surface area (TPSA) is 91.6 Å². The number of amides is 1. The van der Waals surface area contributed by atoms with Crippen LogP contribution in [0, 0.1) is 17.2 Å². The van der Waals surface area contributed by atoms with Crippen molar-refractivity contribution in [3.05, 3.63) is 0 Å². The van der Waals surface area contributed by atoms with Crippen molar-refractivity contribution in [3.8, 4) is 6.07 Å². The Kier molecular flexibility index (Phi) is 2.66. The van der Waals surface area contributed by atoms with Gasteiger partial charge >= 0.3 is 0 Å². The smallest absolute Gasteiger partial charge is 0.243 e. The summed E-state index contributed by atoms with van der Waals surface area (Å²) in [6.45, 7) is 1.50. The van der Waals surface area contributed by atoms with Gasteiger partial charge < -0.3 is 0 Å². The third-order valence-electron chi connectivity index (χ3n) is 1.12. The average Bonchev–Trinajstić information content (AvgIpc) is 2.55. The molecule has 0 saturated carbocycles. The Morgan fingerprint density at radius 1 is 1.83 bits per heavy atom. The van der Waals surface area contributed by atoms with Gasteiger partial charge in [-0.25, -0.2) is 0 Å². The number of hydrogen-bond acceptors (Lipinski definition) is 6. The van der Waals surface area contributed by atoms with E-state index in [2.05, 4.69) is 20.1 Å². The fourth-order valence-electron chi connectivity index (χ4n) is 0.454. The number of nitrogens with one attached hydrogen (secondary N) is 1. The quantitative estimate of drug-likeness (QED) is 0.698. The Morgan fingerprint density at radius 3 is 3.08 bits per heavy atom. The molecule has 6 nitrogen and oxygen atoms in total. The number of aromatic nitrogens is 3. The van der Waals surface area contributed by atoms with Crippen LogP contribution in [0.25, 0.3) is 0 Å². The monoisotopic (exact) mass is 183 g/mol. The molecule has 0 aliphatic rings.